The Balaban J connectivity index is 2.24. The van der Waals surface area contributed by atoms with E-state index >= 15 is 0 Å². The molecule has 1 heterocycles. The monoisotopic (exact) mass is 258 g/mol. The molecule has 2 bridgehead atoms. The van der Waals surface area contributed by atoms with E-state index in [0.29, 0.717) is 6.42 Å². The molecule has 2 aliphatic rings. The molecule has 2 aliphatic carbocycles. The lowest BCUT2D eigenvalue weighted by atomic mass is 9.63. The minimum Gasteiger partial charge on any atom is -0.392 e. The van der Waals surface area contributed by atoms with E-state index in [1.165, 1.54) is 11.6 Å². The van der Waals surface area contributed by atoms with Gasteiger partial charge in [-0.25, -0.2) is 0 Å². The molecule has 1 aromatic rings. The molecule has 0 unspecified atom stereocenters. The number of H-pyrrole nitrogens is 1. The number of hydrogen-bond donors (Lipinski definition) is 3. The third-order valence-corrected chi connectivity index (χ3v) is 4.28. The second-order valence-electron chi connectivity index (χ2n) is 5.40. The molecule has 0 aliphatic heterocycles. The van der Waals surface area contributed by atoms with E-state index < -0.39 is 5.54 Å². The zero-order valence-corrected chi connectivity index (χ0v) is 10.9. The van der Waals surface area contributed by atoms with Crippen LogP contribution in [0.15, 0.2) is 40.2 Å². The maximum atomic E-state index is 11.5. The van der Waals surface area contributed by atoms with Crippen LogP contribution in [-0.4, -0.2) is 16.7 Å². The highest BCUT2D eigenvalue weighted by atomic mass is 16.3. The first-order valence-corrected chi connectivity index (χ1v) is 6.57. The first kappa shape index (κ1) is 12.4. The zero-order valence-electron chi connectivity index (χ0n) is 10.9. The average molecular weight is 258 g/mol. The highest BCUT2D eigenvalue weighted by molar-refractivity contribution is 5.49. The molecule has 0 saturated heterocycles. The summed E-state index contributed by atoms with van der Waals surface area (Å²) >= 11 is 0. The summed E-state index contributed by atoms with van der Waals surface area (Å²) in [4.78, 5) is 14.4. The van der Waals surface area contributed by atoms with Crippen LogP contribution in [0.25, 0.3) is 0 Å². The first-order valence-electron chi connectivity index (χ1n) is 6.57. The van der Waals surface area contributed by atoms with Crippen molar-refractivity contribution in [1.82, 2.24) is 4.98 Å². The van der Waals surface area contributed by atoms with Gasteiger partial charge in [0.1, 0.15) is 0 Å². The van der Waals surface area contributed by atoms with Crippen LogP contribution in [0.3, 0.4) is 0 Å². The molecule has 0 fully saturated rings. The van der Waals surface area contributed by atoms with Crippen molar-refractivity contribution in [1.29, 1.82) is 0 Å². The van der Waals surface area contributed by atoms with Gasteiger partial charge in [0.2, 0.25) is 5.56 Å². The molecule has 2 atom stereocenters. The van der Waals surface area contributed by atoms with Crippen molar-refractivity contribution in [2.75, 3.05) is 6.61 Å². The lowest BCUT2D eigenvalue weighted by Crippen LogP contribution is -2.48. The summed E-state index contributed by atoms with van der Waals surface area (Å²) in [5.41, 5.74) is 10.0. The minimum absolute atomic E-state index is 0.0468. The Morgan fingerprint density at radius 3 is 3.05 bits per heavy atom. The number of nitrogens with two attached hydrogens (primary N) is 1. The van der Waals surface area contributed by atoms with Gasteiger partial charge in [0.15, 0.2) is 0 Å². The van der Waals surface area contributed by atoms with Crippen molar-refractivity contribution in [3.63, 3.8) is 0 Å². The molecule has 0 spiro atoms. The fourth-order valence-corrected chi connectivity index (χ4v) is 3.54. The fourth-order valence-electron chi connectivity index (χ4n) is 3.54. The molecular formula is C15H18N2O2. The predicted octanol–water partition coefficient (Wildman–Crippen LogP) is 0.970. The summed E-state index contributed by atoms with van der Waals surface area (Å²) < 4.78 is 0. The van der Waals surface area contributed by atoms with Gasteiger partial charge in [-0.1, -0.05) is 12.2 Å². The summed E-state index contributed by atoms with van der Waals surface area (Å²) in [6.45, 7) is 2.05. The van der Waals surface area contributed by atoms with Crippen LogP contribution >= 0.6 is 0 Å². The normalized spacial score (nSPS) is 31.0. The molecular weight excluding hydrogens is 240 g/mol. The lowest BCUT2D eigenvalue weighted by Gasteiger charge is -2.45. The molecule has 0 radical (unpaired) electrons. The van der Waals surface area contributed by atoms with Crippen LogP contribution in [-0.2, 0) is 12.0 Å². The van der Waals surface area contributed by atoms with Crippen LogP contribution in [0.4, 0.5) is 0 Å². The van der Waals surface area contributed by atoms with Gasteiger partial charge < -0.3 is 15.8 Å². The Bertz CT molecular complexity index is 642. The second kappa shape index (κ2) is 4.18. The van der Waals surface area contributed by atoms with Crippen molar-refractivity contribution in [3.8, 4) is 0 Å². The molecule has 100 valence electrons. The maximum absolute atomic E-state index is 11.5. The van der Waals surface area contributed by atoms with E-state index in [4.69, 9.17) is 5.73 Å². The second-order valence-corrected chi connectivity index (χ2v) is 5.40. The highest BCUT2D eigenvalue weighted by Gasteiger charge is 2.44. The zero-order chi connectivity index (χ0) is 13.6. The molecule has 4 N–H and O–H groups in total. The van der Waals surface area contributed by atoms with Crippen LogP contribution in [0.1, 0.15) is 24.6 Å². The molecule has 4 nitrogen and oxygen atoms in total. The number of aromatic nitrogens is 1. The van der Waals surface area contributed by atoms with Crippen LogP contribution in [0.5, 0.6) is 0 Å². The predicted molar refractivity (Wildman–Crippen MR) is 73.7 cm³/mol. The Hall–Kier alpha value is -1.65. The van der Waals surface area contributed by atoms with Crippen LogP contribution < -0.4 is 11.3 Å². The van der Waals surface area contributed by atoms with Gasteiger partial charge in [-0.2, -0.15) is 0 Å². The van der Waals surface area contributed by atoms with E-state index in [9.17, 15) is 9.90 Å². The van der Waals surface area contributed by atoms with Crippen molar-refractivity contribution in [2.45, 2.75) is 25.3 Å². The molecule has 3 rings (SSSR count). The van der Waals surface area contributed by atoms with Gasteiger partial charge in [0.25, 0.3) is 0 Å². The largest absolute Gasteiger partial charge is 0.392 e. The molecule has 1 aromatic heterocycles. The molecule has 0 aromatic carbocycles. The number of pyridine rings is 1. The van der Waals surface area contributed by atoms with Gasteiger partial charge in [0, 0.05) is 17.7 Å². The van der Waals surface area contributed by atoms with Gasteiger partial charge >= 0.3 is 0 Å². The summed E-state index contributed by atoms with van der Waals surface area (Å²) in [6, 6.07) is 3.35. The van der Waals surface area contributed by atoms with Crippen molar-refractivity contribution < 1.29 is 5.11 Å². The Morgan fingerprint density at radius 2 is 2.37 bits per heavy atom. The molecule has 0 saturated carbocycles. The van der Waals surface area contributed by atoms with Gasteiger partial charge in [-0.15, -0.1) is 0 Å². The van der Waals surface area contributed by atoms with Crippen molar-refractivity contribution >= 4 is 0 Å². The Morgan fingerprint density at radius 1 is 1.58 bits per heavy atom. The number of aliphatic hydroxyl groups is 1. The van der Waals surface area contributed by atoms with Gasteiger partial charge in [-0.05, 0) is 42.5 Å². The molecule has 19 heavy (non-hydrogen) atoms. The van der Waals surface area contributed by atoms with Crippen LogP contribution in [0.2, 0.25) is 0 Å². The summed E-state index contributed by atoms with van der Waals surface area (Å²) in [5.74, 6) is 0.177. The average Bonchev–Trinajstić information content (AvgIpc) is 2.37. The standard InChI is InChI=1S/C15H18N2O2/c1-2-11-10-5-9(8-18)7-15(11,16)12-3-4-14(19)17-13(12)6-10/h2-5,10,18H,6-8,16H2,1H3,(H,17,19)/b11-2+/t10-,15+/m0/s1. The van der Waals surface area contributed by atoms with Crippen molar-refractivity contribution in [2.24, 2.45) is 11.7 Å². The van der Waals surface area contributed by atoms with Crippen LogP contribution in [0, 0.1) is 5.92 Å². The van der Waals surface area contributed by atoms with Gasteiger partial charge in [-0.3, -0.25) is 4.79 Å². The summed E-state index contributed by atoms with van der Waals surface area (Å²) in [7, 11) is 0. The maximum Gasteiger partial charge on any atom is 0.248 e. The number of nitrogens with one attached hydrogen (secondary N) is 1. The number of fused-ring (bicyclic) bond motifs is 4. The smallest absolute Gasteiger partial charge is 0.248 e. The minimum atomic E-state index is -0.593. The number of aliphatic hydroxyl groups excluding tert-OH is 1. The number of aromatic amines is 1. The third kappa shape index (κ3) is 1.71. The van der Waals surface area contributed by atoms with E-state index in [1.54, 1.807) is 0 Å². The topological polar surface area (TPSA) is 79.1 Å². The number of allylic oxidation sites excluding steroid dienone is 2. The van der Waals surface area contributed by atoms with E-state index in [0.717, 1.165) is 23.3 Å². The van der Waals surface area contributed by atoms with Gasteiger partial charge in [0.05, 0.1) is 12.1 Å². The van der Waals surface area contributed by atoms with E-state index in [1.807, 2.05) is 13.0 Å². The summed E-state index contributed by atoms with van der Waals surface area (Å²) in [6.07, 6.45) is 5.52. The Labute approximate surface area is 111 Å². The highest BCUT2D eigenvalue weighted by Crippen LogP contribution is 2.47. The van der Waals surface area contributed by atoms with Crippen molar-refractivity contribution in [3.05, 3.63) is 57.0 Å². The number of rotatable bonds is 1. The first-order chi connectivity index (χ1) is 9.08. The lowest BCUT2D eigenvalue weighted by molar-refractivity contribution is 0.303. The Kier molecular flexibility index (Phi) is 2.73. The SMILES string of the molecule is C/C=C1\[C@H]2C=C(CO)C[C@]1(N)c1ccc(=O)[nH]c1C2. The quantitative estimate of drug-likeness (QED) is 0.657. The molecule has 4 heteroatoms. The fraction of sp³-hybridized carbons (Fsp3) is 0.400. The van der Waals surface area contributed by atoms with E-state index in [-0.39, 0.29) is 18.1 Å². The molecule has 0 amide bonds. The summed E-state index contributed by atoms with van der Waals surface area (Å²) in [5, 5.41) is 9.41. The third-order valence-electron chi connectivity index (χ3n) is 4.28. The number of hydrogen-bond acceptors (Lipinski definition) is 3. The van der Waals surface area contributed by atoms with E-state index in [2.05, 4.69) is 17.1 Å².